The number of hydrogen-bond acceptors (Lipinski definition) is 6. The van der Waals surface area contributed by atoms with E-state index in [4.69, 9.17) is 0 Å². The molecule has 0 aromatic carbocycles. The number of anilines is 2. The Morgan fingerprint density at radius 3 is 2.85 bits per heavy atom. The molecule has 4 aromatic rings. The Hall–Kier alpha value is -4.05. The van der Waals surface area contributed by atoms with Gasteiger partial charge in [-0.25, -0.2) is 14.3 Å². The SMILES string of the molecule is CC(C)n1cnnc1-c1cccc(NC(=O)Nc2cc3ccc(C4=CCNCC4)cn3n2)n1. The van der Waals surface area contributed by atoms with Gasteiger partial charge < -0.3 is 9.88 Å². The highest BCUT2D eigenvalue weighted by Gasteiger charge is 2.13. The third-order valence-electron chi connectivity index (χ3n) is 5.49. The Morgan fingerprint density at radius 1 is 1.15 bits per heavy atom. The van der Waals surface area contributed by atoms with Gasteiger partial charge in [-0.05, 0) is 56.1 Å². The van der Waals surface area contributed by atoms with Crippen LogP contribution >= 0.6 is 0 Å². The van der Waals surface area contributed by atoms with Crippen LogP contribution in [0.3, 0.4) is 0 Å². The highest BCUT2D eigenvalue weighted by molar-refractivity contribution is 5.99. The predicted molar refractivity (Wildman–Crippen MR) is 127 cm³/mol. The van der Waals surface area contributed by atoms with E-state index in [2.05, 4.69) is 48.4 Å². The van der Waals surface area contributed by atoms with E-state index >= 15 is 0 Å². The van der Waals surface area contributed by atoms with Crippen LogP contribution in [0.5, 0.6) is 0 Å². The molecule has 5 rings (SSSR count). The monoisotopic (exact) mass is 443 g/mol. The second-order valence-corrected chi connectivity index (χ2v) is 8.14. The van der Waals surface area contributed by atoms with Crippen molar-refractivity contribution in [1.29, 1.82) is 0 Å². The maximum Gasteiger partial charge on any atom is 0.326 e. The molecule has 0 saturated heterocycles. The molecule has 168 valence electrons. The second-order valence-electron chi connectivity index (χ2n) is 8.14. The molecule has 0 fully saturated rings. The Balaban J connectivity index is 1.30. The van der Waals surface area contributed by atoms with Gasteiger partial charge >= 0.3 is 6.03 Å². The molecule has 2 amide bonds. The molecule has 1 aliphatic heterocycles. The minimum Gasteiger partial charge on any atom is -0.313 e. The summed E-state index contributed by atoms with van der Waals surface area (Å²) in [5.74, 6) is 1.51. The van der Waals surface area contributed by atoms with Gasteiger partial charge in [0, 0.05) is 24.8 Å². The van der Waals surface area contributed by atoms with Crippen molar-refractivity contribution in [2.45, 2.75) is 26.3 Å². The average molecular weight is 444 g/mol. The molecule has 4 aromatic heterocycles. The standard InChI is InChI=1S/C23H25N9O/c1-15(2)31-14-25-29-22(31)19-4-3-5-20(26-19)27-23(33)28-21-12-18-7-6-17(13-32(18)30-21)16-8-10-24-11-9-16/h3-8,12-15,24H,9-11H2,1-2H3,(H2,26,27,28,30,33). The summed E-state index contributed by atoms with van der Waals surface area (Å²) < 4.78 is 3.71. The maximum atomic E-state index is 12.6. The quantitative estimate of drug-likeness (QED) is 0.434. The summed E-state index contributed by atoms with van der Waals surface area (Å²) in [7, 11) is 0. The highest BCUT2D eigenvalue weighted by atomic mass is 16.2. The largest absolute Gasteiger partial charge is 0.326 e. The van der Waals surface area contributed by atoms with E-state index in [1.165, 1.54) is 5.57 Å². The Morgan fingerprint density at radius 2 is 2.03 bits per heavy atom. The third kappa shape index (κ3) is 4.46. The zero-order valence-electron chi connectivity index (χ0n) is 18.5. The number of amides is 2. The van der Waals surface area contributed by atoms with Crippen LogP contribution in [0.1, 0.15) is 31.9 Å². The average Bonchev–Trinajstić information content (AvgIpc) is 3.46. The van der Waals surface area contributed by atoms with Crippen LogP contribution < -0.4 is 16.0 Å². The Labute approximate surface area is 190 Å². The number of hydrogen-bond donors (Lipinski definition) is 3. The zero-order valence-corrected chi connectivity index (χ0v) is 18.5. The number of rotatable bonds is 5. The molecule has 10 heteroatoms. The van der Waals surface area contributed by atoms with Gasteiger partial charge in [-0.1, -0.05) is 18.2 Å². The van der Waals surface area contributed by atoms with Crippen LogP contribution in [0, 0.1) is 0 Å². The molecule has 3 N–H and O–H groups in total. The first-order chi connectivity index (χ1) is 16.1. The predicted octanol–water partition coefficient (Wildman–Crippen LogP) is 3.59. The first-order valence-electron chi connectivity index (χ1n) is 10.9. The molecule has 0 radical (unpaired) electrons. The smallest absolute Gasteiger partial charge is 0.313 e. The summed E-state index contributed by atoms with van der Waals surface area (Å²) in [6.45, 7) is 5.94. The van der Waals surface area contributed by atoms with E-state index < -0.39 is 6.03 Å². The van der Waals surface area contributed by atoms with Crippen LogP contribution in [0.25, 0.3) is 22.6 Å². The van der Waals surface area contributed by atoms with Crippen molar-refractivity contribution < 1.29 is 4.79 Å². The van der Waals surface area contributed by atoms with Crippen LogP contribution in [0.4, 0.5) is 16.4 Å². The van der Waals surface area contributed by atoms with Gasteiger partial charge in [0.15, 0.2) is 11.6 Å². The van der Waals surface area contributed by atoms with Gasteiger partial charge in [-0.2, -0.15) is 0 Å². The topological polar surface area (TPSA) is 114 Å². The van der Waals surface area contributed by atoms with Crippen molar-refractivity contribution in [2.24, 2.45) is 0 Å². The third-order valence-corrected chi connectivity index (χ3v) is 5.49. The fourth-order valence-electron chi connectivity index (χ4n) is 3.82. The summed E-state index contributed by atoms with van der Waals surface area (Å²) in [4.78, 5) is 17.1. The van der Waals surface area contributed by atoms with Gasteiger partial charge in [0.2, 0.25) is 0 Å². The van der Waals surface area contributed by atoms with Crippen molar-refractivity contribution >= 4 is 28.8 Å². The Bertz CT molecular complexity index is 1330. The molecule has 5 heterocycles. The summed E-state index contributed by atoms with van der Waals surface area (Å²) in [6.07, 6.45) is 6.85. The lowest BCUT2D eigenvalue weighted by molar-refractivity contribution is 0.262. The molecule has 10 nitrogen and oxygen atoms in total. The molecule has 0 saturated carbocycles. The van der Waals surface area contributed by atoms with Crippen molar-refractivity contribution in [3.8, 4) is 11.5 Å². The molecule has 0 spiro atoms. The van der Waals surface area contributed by atoms with E-state index in [-0.39, 0.29) is 6.04 Å². The lowest BCUT2D eigenvalue weighted by Gasteiger charge is -2.14. The lowest BCUT2D eigenvalue weighted by atomic mass is 10.0. The van der Waals surface area contributed by atoms with Crippen molar-refractivity contribution in [2.75, 3.05) is 23.7 Å². The molecule has 0 aliphatic carbocycles. The minimum atomic E-state index is -0.422. The number of carbonyl (C=O) groups is 1. The van der Waals surface area contributed by atoms with Crippen molar-refractivity contribution in [3.63, 3.8) is 0 Å². The molecule has 33 heavy (non-hydrogen) atoms. The first-order valence-corrected chi connectivity index (χ1v) is 10.9. The molecular weight excluding hydrogens is 418 g/mol. The number of fused-ring (bicyclic) bond motifs is 1. The van der Waals surface area contributed by atoms with Crippen LogP contribution in [0.2, 0.25) is 0 Å². The Kier molecular flexibility index (Phi) is 5.57. The second kappa shape index (κ2) is 8.83. The number of nitrogens with one attached hydrogen (secondary N) is 3. The van der Waals surface area contributed by atoms with E-state index in [0.717, 1.165) is 30.6 Å². The first kappa shape index (κ1) is 20.8. The van der Waals surface area contributed by atoms with Gasteiger partial charge in [0.25, 0.3) is 0 Å². The number of urea groups is 1. The number of carbonyl (C=O) groups excluding carboxylic acids is 1. The summed E-state index contributed by atoms with van der Waals surface area (Å²) in [5, 5.41) is 21.5. The fourth-order valence-corrected chi connectivity index (χ4v) is 3.82. The van der Waals surface area contributed by atoms with Crippen molar-refractivity contribution in [3.05, 3.63) is 60.6 Å². The molecule has 0 bridgehead atoms. The van der Waals surface area contributed by atoms with Gasteiger partial charge in [0.05, 0.1) is 5.52 Å². The normalized spacial score (nSPS) is 13.8. The molecule has 0 unspecified atom stereocenters. The van der Waals surface area contributed by atoms with Crippen LogP contribution in [-0.2, 0) is 0 Å². The fraction of sp³-hybridized carbons (Fsp3) is 0.261. The number of aromatic nitrogens is 6. The molecular formula is C23H25N9O. The summed E-state index contributed by atoms with van der Waals surface area (Å²) in [6, 6.07) is 11.1. The molecule has 0 atom stereocenters. The minimum absolute atomic E-state index is 0.193. The summed E-state index contributed by atoms with van der Waals surface area (Å²) in [5.41, 5.74) is 3.97. The van der Waals surface area contributed by atoms with Crippen molar-refractivity contribution in [1.82, 2.24) is 34.7 Å². The van der Waals surface area contributed by atoms with Crippen LogP contribution in [0.15, 0.2) is 55.0 Å². The van der Waals surface area contributed by atoms with E-state index in [9.17, 15) is 4.79 Å². The van der Waals surface area contributed by atoms with E-state index in [1.807, 2.05) is 48.9 Å². The highest BCUT2D eigenvalue weighted by Crippen LogP contribution is 2.22. The summed E-state index contributed by atoms with van der Waals surface area (Å²) >= 11 is 0. The number of pyridine rings is 2. The van der Waals surface area contributed by atoms with Gasteiger partial charge in [-0.15, -0.1) is 15.3 Å². The van der Waals surface area contributed by atoms with E-state index in [0.29, 0.717) is 23.2 Å². The number of nitrogens with zero attached hydrogens (tertiary/aromatic N) is 6. The lowest BCUT2D eigenvalue weighted by Crippen LogP contribution is -2.20. The zero-order chi connectivity index (χ0) is 22.8. The maximum absolute atomic E-state index is 12.6. The van der Waals surface area contributed by atoms with Crippen LogP contribution in [-0.4, -0.2) is 48.5 Å². The van der Waals surface area contributed by atoms with Gasteiger partial charge in [-0.3, -0.25) is 10.6 Å². The van der Waals surface area contributed by atoms with E-state index in [1.54, 1.807) is 16.9 Å². The molecule has 1 aliphatic rings. The van der Waals surface area contributed by atoms with Gasteiger partial charge in [0.1, 0.15) is 17.8 Å².